The van der Waals surface area contributed by atoms with E-state index in [1.807, 2.05) is 0 Å². The first kappa shape index (κ1) is 20.2. The highest BCUT2D eigenvalue weighted by molar-refractivity contribution is 5.86. The van der Waals surface area contributed by atoms with Crippen LogP contribution in [0.3, 0.4) is 0 Å². The molecule has 7 nitrogen and oxygen atoms in total. The minimum Gasteiger partial charge on any atom is -0.491 e. The fourth-order valence-electron chi connectivity index (χ4n) is 1.87. The number of carbonyl (C=O) groups is 1. The largest absolute Gasteiger partial charge is 0.491 e. The highest BCUT2D eigenvalue weighted by Gasteiger charge is 2.33. The molecule has 0 spiro atoms. The molecule has 0 atom stereocenters. The van der Waals surface area contributed by atoms with Crippen molar-refractivity contribution in [2.75, 3.05) is 20.3 Å². The van der Waals surface area contributed by atoms with Crippen LogP contribution in [0, 0.1) is 0 Å². The van der Waals surface area contributed by atoms with Gasteiger partial charge in [0.25, 0.3) is 0 Å². The molecule has 0 bridgehead atoms. The molecule has 0 aliphatic carbocycles. The zero-order valence-corrected chi connectivity index (χ0v) is 14.1. The van der Waals surface area contributed by atoms with Crippen molar-refractivity contribution >= 4 is 12.0 Å². The summed E-state index contributed by atoms with van der Waals surface area (Å²) in [6, 6.07) is 6.32. The minimum absolute atomic E-state index is 0.136. The van der Waals surface area contributed by atoms with Gasteiger partial charge in [-0.25, -0.2) is 4.79 Å². The lowest BCUT2D eigenvalue weighted by Gasteiger charge is -2.12. The quantitative estimate of drug-likeness (QED) is 0.551. The number of aromatic nitrogens is 2. The van der Waals surface area contributed by atoms with Gasteiger partial charge in [0.1, 0.15) is 18.1 Å². The van der Waals surface area contributed by atoms with Gasteiger partial charge in [-0.05, 0) is 24.3 Å². The molecule has 2 aromatic rings. The average Bonchev–Trinajstić information content (AvgIpc) is 2.61. The van der Waals surface area contributed by atoms with Crippen molar-refractivity contribution in [3.8, 4) is 17.4 Å². The first-order chi connectivity index (χ1) is 12.8. The number of methoxy groups -OCH3 is 1. The van der Waals surface area contributed by atoms with E-state index in [1.165, 1.54) is 25.3 Å². The van der Waals surface area contributed by atoms with Gasteiger partial charge in [0.05, 0.1) is 6.61 Å². The molecule has 0 saturated heterocycles. The van der Waals surface area contributed by atoms with Crippen LogP contribution in [0.5, 0.6) is 17.4 Å². The third-order valence-corrected chi connectivity index (χ3v) is 3.09. The van der Waals surface area contributed by atoms with Gasteiger partial charge in [-0.1, -0.05) is 0 Å². The Labute approximate surface area is 152 Å². The Hall–Kier alpha value is -3.14. The summed E-state index contributed by atoms with van der Waals surface area (Å²) >= 11 is 0. The number of aliphatic carboxylic acids is 1. The fraction of sp³-hybridized carbons (Fsp3) is 0.235. The van der Waals surface area contributed by atoms with E-state index in [4.69, 9.17) is 19.3 Å². The van der Waals surface area contributed by atoms with Crippen LogP contribution in [0.25, 0.3) is 6.08 Å². The maximum atomic E-state index is 12.6. The van der Waals surface area contributed by atoms with Crippen molar-refractivity contribution in [1.82, 2.24) is 10.2 Å². The van der Waals surface area contributed by atoms with Crippen molar-refractivity contribution in [2.24, 2.45) is 0 Å². The summed E-state index contributed by atoms with van der Waals surface area (Å²) in [6.07, 6.45) is -2.45. The Balaban J connectivity index is 2.27. The summed E-state index contributed by atoms with van der Waals surface area (Å²) in [5.41, 5.74) is -0.796. The van der Waals surface area contributed by atoms with Crippen molar-refractivity contribution < 1.29 is 37.3 Å². The third-order valence-electron chi connectivity index (χ3n) is 3.09. The molecule has 0 fully saturated rings. The van der Waals surface area contributed by atoms with E-state index < -0.39 is 17.8 Å². The molecule has 0 aliphatic heterocycles. The minimum atomic E-state index is -4.62. The smallest absolute Gasteiger partial charge is 0.435 e. The van der Waals surface area contributed by atoms with Gasteiger partial charge in [-0.2, -0.15) is 13.2 Å². The van der Waals surface area contributed by atoms with Crippen LogP contribution in [0.1, 0.15) is 11.3 Å². The lowest BCUT2D eigenvalue weighted by Crippen LogP contribution is -2.09. The molecule has 0 radical (unpaired) electrons. The standard InChI is InChI=1S/C17H15F3N2O5/c1-25-8-9-26-12-4-2-11(3-7-16(23)24)13(10-12)27-15-6-5-14(21-22-15)17(18,19)20/h2-7,10H,8-9H2,1H3,(H,23,24). The van der Waals surface area contributed by atoms with E-state index in [0.29, 0.717) is 17.9 Å². The molecule has 0 saturated carbocycles. The van der Waals surface area contributed by atoms with Crippen LogP contribution in [-0.2, 0) is 15.7 Å². The summed E-state index contributed by atoms with van der Waals surface area (Å²) < 4.78 is 53.4. The molecule has 1 aromatic heterocycles. The van der Waals surface area contributed by atoms with Gasteiger partial charge >= 0.3 is 12.1 Å². The molecule has 10 heteroatoms. The van der Waals surface area contributed by atoms with Gasteiger partial charge in [-0.3, -0.25) is 0 Å². The van der Waals surface area contributed by atoms with Gasteiger partial charge in [0, 0.05) is 30.9 Å². The van der Waals surface area contributed by atoms with E-state index in [0.717, 1.165) is 18.2 Å². The second-order valence-electron chi connectivity index (χ2n) is 5.07. The summed E-state index contributed by atoms with van der Waals surface area (Å²) in [6.45, 7) is 0.613. The Bertz CT molecular complexity index is 807. The molecule has 1 N–H and O–H groups in total. The number of hydrogen-bond acceptors (Lipinski definition) is 6. The molecule has 0 amide bonds. The summed E-state index contributed by atoms with van der Waals surface area (Å²) in [5.74, 6) is -0.830. The van der Waals surface area contributed by atoms with E-state index in [2.05, 4.69) is 10.2 Å². The highest BCUT2D eigenvalue weighted by Crippen LogP contribution is 2.31. The second kappa shape index (κ2) is 8.99. The monoisotopic (exact) mass is 384 g/mol. The number of alkyl halides is 3. The average molecular weight is 384 g/mol. The van der Waals surface area contributed by atoms with Crippen LogP contribution in [0.4, 0.5) is 13.2 Å². The fourth-order valence-corrected chi connectivity index (χ4v) is 1.87. The van der Waals surface area contributed by atoms with Crippen LogP contribution in [0.15, 0.2) is 36.4 Å². The maximum Gasteiger partial charge on any atom is 0.435 e. The second-order valence-corrected chi connectivity index (χ2v) is 5.07. The number of carboxylic acid groups (broad SMARTS) is 1. The maximum absolute atomic E-state index is 12.6. The first-order valence-corrected chi connectivity index (χ1v) is 7.55. The normalized spacial score (nSPS) is 11.6. The third kappa shape index (κ3) is 6.26. The predicted molar refractivity (Wildman–Crippen MR) is 87.6 cm³/mol. The van der Waals surface area contributed by atoms with Crippen molar-refractivity contribution in [3.05, 3.63) is 47.7 Å². The summed E-state index contributed by atoms with van der Waals surface area (Å²) in [7, 11) is 1.51. The molecular weight excluding hydrogens is 369 g/mol. The lowest BCUT2D eigenvalue weighted by molar-refractivity contribution is -0.141. The molecule has 2 rings (SSSR count). The number of hydrogen-bond donors (Lipinski definition) is 1. The van der Waals surface area contributed by atoms with Gasteiger partial charge in [0.15, 0.2) is 5.69 Å². The number of halogens is 3. The zero-order valence-electron chi connectivity index (χ0n) is 14.1. The lowest BCUT2D eigenvalue weighted by atomic mass is 10.1. The van der Waals surface area contributed by atoms with Crippen LogP contribution < -0.4 is 9.47 Å². The van der Waals surface area contributed by atoms with Crippen molar-refractivity contribution in [1.29, 1.82) is 0 Å². The first-order valence-electron chi connectivity index (χ1n) is 7.55. The SMILES string of the molecule is COCCOc1ccc(C=CC(=O)O)c(Oc2ccc(C(F)(F)F)nn2)c1. The Morgan fingerprint density at radius 2 is 1.96 bits per heavy atom. The summed E-state index contributed by atoms with van der Waals surface area (Å²) in [5, 5.41) is 15.2. The van der Waals surface area contributed by atoms with Gasteiger partial charge < -0.3 is 19.3 Å². The molecular formula is C17H15F3N2O5. The van der Waals surface area contributed by atoms with E-state index in [1.54, 1.807) is 6.07 Å². The van der Waals surface area contributed by atoms with Crippen LogP contribution in [-0.4, -0.2) is 41.6 Å². The molecule has 0 aliphatic rings. The Kier molecular flexibility index (Phi) is 6.72. The number of ether oxygens (including phenoxy) is 3. The number of nitrogens with zero attached hydrogens (tertiary/aromatic N) is 2. The topological polar surface area (TPSA) is 90.8 Å². The molecule has 1 heterocycles. The van der Waals surface area contributed by atoms with Crippen molar-refractivity contribution in [2.45, 2.75) is 6.18 Å². The van der Waals surface area contributed by atoms with E-state index in [9.17, 15) is 18.0 Å². The van der Waals surface area contributed by atoms with E-state index >= 15 is 0 Å². The number of rotatable bonds is 8. The Morgan fingerprint density at radius 1 is 1.19 bits per heavy atom. The molecule has 1 aromatic carbocycles. The van der Waals surface area contributed by atoms with Crippen molar-refractivity contribution in [3.63, 3.8) is 0 Å². The molecule has 27 heavy (non-hydrogen) atoms. The van der Waals surface area contributed by atoms with Crippen LogP contribution in [0.2, 0.25) is 0 Å². The zero-order chi connectivity index (χ0) is 19.9. The molecule has 0 unspecified atom stereocenters. The highest BCUT2D eigenvalue weighted by atomic mass is 19.4. The summed E-state index contributed by atoms with van der Waals surface area (Å²) in [4.78, 5) is 10.7. The van der Waals surface area contributed by atoms with Gasteiger partial charge in [0.2, 0.25) is 5.88 Å². The predicted octanol–water partition coefficient (Wildman–Crippen LogP) is 3.41. The van der Waals surface area contributed by atoms with E-state index in [-0.39, 0.29) is 18.2 Å². The van der Waals surface area contributed by atoms with Gasteiger partial charge in [-0.15, -0.1) is 10.2 Å². The Morgan fingerprint density at radius 3 is 2.56 bits per heavy atom. The molecule has 144 valence electrons. The number of benzene rings is 1. The number of carboxylic acids is 1. The van der Waals surface area contributed by atoms with Crippen LogP contribution >= 0.6 is 0 Å².